The third-order valence-electron chi connectivity index (χ3n) is 5.00. The third kappa shape index (κ3) is 4.84. The van der Waals surface area contributed by atoms with E-state index in [2.05, 4.69) is 0 Å². The molecule has 0 atom stereocenters. The fraction of sp³-hybridized carbons (Fsp3) is 0.933. The van der Waals surface area contributed by atoms with E-state index >= 15 is 0 Å². The molecule has 1 saturated carbocycles. The normalized spacial score (nSPS) is 23.5. The molecule has 2 aliphatic rings. The van der Waals surface area contributed by atoms with Gasteiger partial charge in [-0.25, -0.2) is 0 Å². The van der Waals surface area contributed by atoms with Gasteiger partial charge in [0.25, 0.3) is 0 Å². The SMILES string of the molecule is NCC1(CC(=O)N2CCN(CC(F)(F)F)CC2)CCCCC1. The first-order valence-corrected chi connectivity index (χ1v) is 8.11. The third-order valence-corrected chi connectivity index (χ3v) is 5.00. The monoisotopic (exact) mass is 321 g/mol. The van der Waals surface area contributed by atoms with Gasteiger partial charge in [-0.15, -0.1) is 0 Å². The summed E-state index contributed by atoms with van der Waals surface area (Å²) in [6.07, 6.45) is 1.69. The van der Waals surface area contributed by atoms with Gasteiger partial charge in [-0.1, -0.05) is 19.3 Å². The molecule has 2 N–H and O–H groups in total. The van der Waals surface area contributed by atoms with Crippen molar-refractivity contribution >= 4 is 5.91 Å². The summed E-state index contributed by atoms with van der Waals surface area (Å²) < 4.78 is 37.1. The molecule has 0 aromatic rings. The molecule has 2 fully saturated rings. The Kier molecular flexibility index (Phi) is 5.71. The average Bonchev–Trinajstić information content (AvgIpc) is 2.47. The molecule has 128 valence electrons. The molecule has 4 nitrogen and oxygen atoms in total. The average molecular weight is 321 g/mol. The predicted molar refractivity (Wildman–Crippen MR) is 78.3 cm³/mol. The van der Waals surface area contributed by atoms with E-state index in [1.54, 1.807) is 4.90 Å². The van der Waals surface area contributed by atoms with E-state index in [0.29, 0.717) is 39.1 Å². The van der Waals surface area contributed by atoms with Crippen LogP contribution in [0.3, 0.4) is 0 Å². The van der Waals surface area contributed by atoms with Gasteiger partial charge >= 0.3 is 6.18 Å². The van der Waals surface area contributed by atoms with Gasteiger partial charge in [0.1, 0.15) is 0 Å². The molecule has 2 rings (SSSR count). The molecule has 0 radical (unpaired) electrons. The van der Waals surface area contributed by atoms with E-state index in [4.69, 9.17) is 5.73 Å². The fourth-order valence-electron chi connectivity index (χ4n) is 3.60. The van der Waals surface area contributed by atoms with Gasteiger partial charge < -0.3 is 10.6 Å². The van der Waals surface area contributed by atoms with Crippen LogP contribution in [0.1, 0.15) is 38.5 Å². The molecule has 1 aliphatic carbocycles. The van der Waals surface area contributed by atoms with Crippen LogP contribution in [0.2, 0.25) is 0 Å². The zero-order valence-electron chi connectivity index (χ0n) is 13.0. The topological polar surface area (TPSA) is 49.6 Å². The number of carbonyl (C=O) groups is 1. The first kappa shape index (κ1) is 17.5. The van der Waals surface area contributed by atoms with E-state index in [0.717, 1.165) is 25.7 Å². The highest BCUT2D eigenvalue weighted by Crippen LogP contribution is 2.38. The zero-order chi connectivity index (χ0) is 16.2. The molecule has 1 saturated heterocycles. The second-order valence-corrected chi connectivity index (χ2v) is 6.71. The molecule has 0 spiro atoms. The molecule has 1 amide bonds. The van der Waals surface area contributed by atoms with E-state index in [-0.39, 0.29) is 11.3 Å². The van der Waals surface area contributed by atoms with Crippen LogP contribution in [0.5, 0.6) is 0 Å². The number of halogens is 3. The van der Waals surface area contributed by atoms with Gasteiger partial charge in [0, 0.05) is 32.6 Å². The largest absolute Gasteiger partial charge is 0.401 e. The quantitative estimate of drug-likeness (QED) is 0.861. The summed E-state index contributed by atoms with van der Waals surface area (Å²) in [4.78, 5) is 15.5. The van der Waals surface area contributed by atoms with Gasteiger partial charge in [0.15, 0.2) is 0 Å². The Hall–Kier alpha value is -0.820. The highest BCUT2D eigenvalue weighted by Gasteiger charge is 2.36. The van der Waals surface area contributed by atoms with Gasteiger partial charge in [0.2, 0.25) is 5.91 Å². The molecular weight excluding hydrogens is 295 g/mol. The van der Waals surface area contributed by atoms with Crippen molar-refractivity contribution in [2.75, 3.05) is 39.3 Å². The second-order valence-electron chi connectivity index (χ2n) is 6.71. The lowest BCUT2D eigenvalue weighted by Crippen LogP contribution is -2.52. The Bertz CT molecular complexity index is 373. The molecule has 7 heteroatoms. The summed E-state index contributed by atoms with van der Waals surface area (Å²) in [7, 11) is 0. The lowest BCUT2D eigenvalue weighted by atomic mass is 9.71. The highest BCUT2D eigenvalue weighted by atomic mass is 19.4. The summed E-state index contributed by atoms with van der Waals surface area (Å²) in [5, 5.41) is 0. The number of alkyl halides is 3. The van der Waals surface area contributed by atoms with Crippen molar-refractivity contribution in [3.05, 3.63) is 0 Å². The Labute approximate surface area is 129 Å². The minimum Gasteiger partial charge on any atom is -0.340 e. The number of hydrogen-bond donors (Lipinski definition) is 1. The zero-order valence-corrected chi connectivity index (χ0v) is 13.0. The van der Waals surface area contributed by atoms with Crippen LogP contribution in [0.25, 0.3) is 0 Å². The van der Waals surface area contributed by atoms with Crippen molar-refractivity contribution in [1.82, 2.24) is 9.80 Å². The number of piperazine rings is 1. The maximum absolute atomic E-state index is 12.5. The minimum absolute atomic E-state index is 0.0546. The van der Waals surface area contributed by atoms with E-state index in [9.17, 15) is 18.0 Å². The predicted octanol–water partition coefficient (Wildman–Crippen LogP) is 1.99. The summed E-state index contributed by atoms with van der Waals surface area (Å²) >= 11 is 0. The maximum atomic E-state index is 12.5. The summed E-state index contributed by atoms with van der Waals surface area (Å²) in [6.45, 7) is 0.988. The van der Waals surface area contributed by atoms with Crippen molar-refractivity contribution in [3.63, 3.8) is 0 Å². The lowest BCUT2D eigenvalue weighted by molar-refractivity contribution is -0.152. The van der Waals surface area contributed by atoms with Gasteiger partial charge in [0.05, 0.1) is 6.54 Å². The highest BCUT2D eigenvalue weighted by molar-refractivity contribution is 5.77. The molecular formula is C15H26F3N3O. The first-order chi connectivity index (χ1) is 10.3. The molecule has 1 heterocycles. The number of nitrogens with zero attached hydrogens (tertiary/aromatic N) is 2. The van der Waals surface area contributed by atoms with Gasteiger partial charge in [-0.2, -0.15) is 13.2 Å². The molecule has 1 aliphatic heterocycles. The Morgan fingerprint density at radius 1 is 1.05 bits per heavy atom. The van der Waals surface area contributed by atoms with Crippen LogP contribution in [-0.2, 0) is 4.79 Å². The van der Waals surface area contributed by atoms with Crippen LogP contribution < -0.4 is 5.73 Å². The Balaban J connectivity index is 1.82. The number of nitrogens with two attached hydrogens (primary N) is 1. The van der Waals surface area contributed by atoms with Crippen molar-refractivity contribution < 1.29 is 18.0 Å². The maximum Gasteiger partial charge on any atom is 0.401 e. The summed E-state index contributed by atoms with van der Waals surface area (Å²) in [5.74, 6) is 0.0546. The summed E-state index contributed by atoms with van der Waals surface area (Å²) in [5.41, 5.74) is 5.82. The molecule has 0 aromatic heterocycles. The van der Waals surface area contributed by atoms with Gasteiger partial charge in [-0.05, 0) is 24.8 Å². The smallest absolute Gasteiger partial charge is 0.340 e. The van der Waals surface area contributed by atoms with Crippen molar-refractivity contribution in [3.8, 4) is 0 Å². The van der Waals surface area contributed by atoms with Crippen LogP contribution in [0.4, 0.5) is 13.2 Å². The second kappa shape index (κ2) is 7.17. The van der Waals surface area contributed by atoms with E-state index in [1.807, 2.05) is 0 Å². The van der Waals surface area contributed by atoms with E-state index < -0.39 is 12.7 Å². The fourth-order valence-corrected chi connectivity index (χ4v) is 3.60. The first-order valence-electron chi connectivity index (χ1n) is 8.11. The van der Waals surface area contributed by atoms with Crippen LogP contribution in [-0.4, -0.2) is 61.2 Å². The summed E-state index contributed by atoms with van der Waals surface area (Å²) in [6, 6.07) is 0. The lowest BCUT2D eigenvalue weighted by Gasteiger charge is -2.39. The molecule has 0 aromatic carbocycles. The van der Waals surface area contributed by atoms with Crippen molar-refractivity contribution in [2.24, 2.45) is 11.1 Å². The molecule has 0 bridgehead atoms. The number of carbonyl (C=O) groups excluding carboxylic acids is 1. The number of hydrogen-bond acceptors (Lipinski definition) is 3. The Morgan fingerprint density at radius 2 is 1.64 bits per heavy atom. The number of rotatable bonds is 4. The van der Waals surface area contributed by atoms with Crippen molar-refractivity contribution in [2.45, 2.75) is 44.7 Å². The van der Waals surface area contributed by atoms with Gasteiger partial charge in [-0.3, -0.25) is 9.69 Å². The molecule has 0 unspecified atom stereocenters. The van der Waals surface area contributed by atoms with Crippen molar-refractivity contribution in [1.29, 1.82) is 0 Å². The standard InChI is InChI=1S/C15H26F3N3O/c16-15(17,18)12-20-6-8-21(9-7-20)13(22)10-14(11-19)4-2-1-3-5-14/h1-12,19H2. The van der Waals surface area contributed by atoms with Crippen LogP contribution in [0, 0.1) is 5.41 Å². The minimum atomic E-state index is -4.17. The Morgan fingerprint density at radius 3 is 2.14 bits per heavy atom. The van der Waals surface area contributed by atoms with Crippen LogP contribution in [0.15, 0.2) is 0 Å². The van der Waals surface area contributed by atoms with Crippen LogP contribution >= 0.6 is 0 Å². The number of amides is 1. The molecule has 22 heavy (non-hydrogen) atoms. The van der Waals surface area contributed by atoms with E-state index in [1.165, 1.54) is 11.3 Å².